The molecule has 2 aromatic rings. The molecule has 8 heteroatoms. The van der Waals surface area contributed by atoms with Crippen molar-refractivity contribution in [2.24, 2.45) is 0 Å². The average molecular weight is 390 g/mol. The molecular formula is C19H24ClN5O2. The van der Waals surface area contributed by atoms with Crippen molar-refractivity contribution in [3.8, 4) is 0 Å². The van der Waals surface area contributed by atoms with E-state index in [2.05, 4.69) is 26.3 Å². The molecule has 2 aliphatic rings. The summed E-state index contributed by atoms with van der Waals surface area (Å²) in [4.78, 5) is 10.9. The van der Waals surface area contributed by atoms with Crippen LogP contribution >= 0.6 is 11.6 Å². The summed E-state index contributed by atoms with van der Waals surface area (Å²) in [5.74, 6) is 1.08. The lowest BCUT2D eigenvalue weighted by molar-refractivity contribution is 0.0211. The normalized spacial score (nSPS) is 20.8. The van der Waals surface area contributed by atoms with E-state index in [9.17, 15) is 0 Å². The number of nitrogens with zero attached hydrogens (tertiary/aromatic N) is 3. The van der Waals surface area contributed by atoms with E-state index in [1.807, 2.05) is 25.1 Å². The van der Waals surface area contributed by atoms with Gasteiger partial charge in [0.1, 0.15) is 5.82 Å². The van der Waals surface area contributed by atoms with Crippen LogP contribution in [0.2, 0.25) is 5.02 Å². The van der Waals surface area contributed by atoms with Crippen LogP contribution in [-0.4, -0.2) is 49.0 Å². The van der Waals surface area contributed by atoms with Crippen LogP contribution in [0.1, 0.15) is 23.7 Å². The molecule has 0 aliphatic carbocycles. The van der Waals surface area contributed by atoms with Crippen molar-refractivity contribution in [2.75, 3.05) is 48.9 Å². The van der Waals surface area contributed by atoms with Gasteiger partial charge >= 0.3 is 0 Å². The van der Waals surface area contributed by atoms with E-state index in [-0.39, 0.29) is 12.0 Å². The fraction of sp³-hybridized carbons (Fsp3) is 0.474. The summed E-state index contributed by atoms with van der Waals surface area (Å²) >= 11 is 6.59. The van der Waals surface area contributed by atoms with Gasteiger partial charge in [0, 0.05) is 35.6 Å². The zero-order chi connectivity index (χ0) is 18.8. The van der Waals surface area contributed by atoms with Gasteiger partial charge in [0.2, 0.25) is 5.95 Å². The zero-order valence-electron chi connectivity index (χ0n) is 15.3. The van der Waals surface area contributed by atoms with E-state index in [1.54, 1.807) is 0 Å². The number of halogens is 1. The van der Waals surface area contributed by atoms with Crippen LogP contribution in [0.15, 0.2) is 24.3 Å². The molecule has 0 radical (unpaired) electrons. The highest BCUT2D eigenvalue weighted by molar-refractivity contribution is 6.31. The molecule has 1 aromatic carbocycles. The number of anilines is 3. The highest BCUT2D eigenvalue weighted by Gasteiger charge is 2.27. The Balaban J connectivity index is 1.68. The van der Waals surface area contributed by atoms with Gasteiger partial charge in [-0.2, -0.15) is 4.98 Å². The first-order chi connectivity index (χ1) is 13.1. The predicted molar refractivity (Wildman–Crippen MR) is 106 cm³/mol. The lowest BCUT2D eigenvalue weighted by Crippen LogP contribution is -2.40. The first-order valence-corrected chi connectivity index (χ1v) is 9.57. The molecule has 2 fully saturated rings. The Bertz CT molecular complexity index is 794. The molecule has 0 amide bonds. The Morgan fingerprint density at radius 2 is 2.04 bits per heavy atom. The van der Waals surface area contributed by atoms with Crippen molar-refractivity contribution in [1.82, 2.24) is 9.97 Å². The maximum absolute atomic E-state index is 6.59. The van der Waals surface area contributed by atoms with Gasteiger partial charge in [-0.15, -0.1) is 0 Å². The molecule has 1 aromatic heterocycles. The number of nitrogens with two attached hydrogens (primary N) is 1. The summed E-state index contributed by atoms with van der Waals surface area (Å²) in [6.45, 7) is 5.44. The summed E-state index contributed by atoms with van der Waals surface area (Å²) in [6.07, 6.45) is 0.911. The average Bonchev–Trinajstić information content (AvgIpc) is 2.84. The number of nitrogens with one attached hydrogen (secondary N) is 1. The van der Waals surface area contributed by atoms with E-state index in [4.69, 9.17) is 26.8 Å². The monoisotopic (exact) mass is 389 g/mol. The smallest absolute Gasteiger partial charge is 0.222 e. The van der Waals surface area contributed by atoms with E-state index in [0.29, 0.717) is 24.3 Å². The van der Waals surface area contributed by atoms with Crippen molar-refractivity contribution in [3.05, 3.63) is 40.5 Å². The lowest BCUT2D eigenvalue weighted by atomic mass is 10.0. The molecule has 1 atom stereocenters. The Labute approximate surface area is 163 Å². The Morgan fingerprint density at radius 1 is 1.19 bits per heavy atom. The highest BCUT2D eigenvalue weighted by Crippen LogP contribution is 2.35. The summed E-state index contributed by atoms with van der Waals surface area (Å²) in [6, 6.07) is 8.29. The van der Waals surface area contributed by atoms with Crippen molar-refractivity contribution in [1.29, 1.82) is 0 Å². The topological polar surface area (TPSA) is 85.5 Å². The molecule has 2 aliphatic heterocycles. The highest BCUT2D eigenvalue weighted by atomic mass is 35.5. The lowest BCUT2D eigenvalue weighted by Gasteiger charge is -2.32. The molecule has 2 saturated heterocycles. The summed E-state index contributed by atoms with van der Waals surface area (Å²) < 4.78 is 11.1. The van der Waals surface area contributed by atoms with Crippen LogP contribution in [0.3, 0.4) is 0 Å². The van der Waals surface area contributed by atoms with E-state index in [1.165, 1.54) is 0 Å². The second-order valence-electron chi connectivity index (χ2n) is 6.98. The molecule has 0 unspecified atom stereocenters. The van der Waals surface area contributed by atoms with Crippen molar-refractivity contribution in [3.63, 3.8) is 0 Å². The SMILES string of the molecule is Cc1cc(N2CCCOC[C@@H]2c2cc(NC3COC3)ccc2Cl)nc(N)n1. The van der Waals surface area contributed by atoms with Crippen LogP contribution in [0, 0.1) is 6.92 Å². The number of aromatic nitrogens is 2. The third-order valence-electron chi connectivity index (χ3n) is 4.86. The Hall–Kier alpha value is -2.09. The standard InChI is InChI=1S/C19H24ClN5O2/c1-12-7-18(24-19(21)22-12)25-5-2-6-26-11-17(25)15-8-13(3-4-16(15)20)23-14-9-27-10-14/h3-4,7-8,14,17,23H,2,5-6,9-11H2,1H3,(H2,21,22,24)/t17-/m1/s1. The molecule has 7 nitrogen and oxygen atoms in total. The number of aryl methyl sites for hydroxylation is 1. The summed E-state index contributed by atoms with van der Waals surface area (Å²) in [7, 11) is 0. The number of hydrogen-bond acceptors (Lipinski definition) is 7. The number of nitrogen functional groups attached to an aromatic ring is 1. The predicted octanol–water partition coefficient (Wildman–Crippen LogP) is 2.80. The third-order valence-corrected chi connectivity index (χ3v) is 5.20. The minimum atomic E-state index is -0.0481. The first-order valence-electron chi connectivity index (χ1n) is 9.19. The van der Waals surface area contributed by atoms with E-state index >= 15 is 0 Å². The fourth-order valence-electron chi connectivity index (χ4n) is 3.47. The van der Waals surface area contributed by atoms with Gasteiger partial charge in [-0.25, -0.2) is 4.98 Å². The number of hydrogen-bond donors (Lipinski definition) is 2. The van der Waals surface area contributed by atoms with Crippen molar-refractivity contribution >= 4 is 29.1 Å². The Morgan fingerprint density at radius 3 is 2.78 bits per heavy atom. The van der Waals surface area contributed by atoms with Gasteiger partial charge in [-0.1, -0.05) is 11.6 Å². The second kappa shape index (κ2) is 7.88. The molecule has 144 valence electrons. The second-order valence-corrected chi connectivity index (χ2v) is 7.39. The number of benzene rings is 1. The minimum absolute atomic E-state index is 0.0481. The maximum atomic E-state index is 6.59. The van der Waals surface area contributed by atoms with Crippen LogP contribution in [0.4, 0.5) is 17.5 Å². The van der Waals surface area contributed by atoms with Gasteiger partial charge in [0.05, 0.1) is 31.9 Å². The van der Waals surface area contributed by atoms with E-state index < -0.39 is 0 Å². The summed E-state index contributed by atoms with van der Waals surface area (Å²) in [5, 5.41) is 4.20. The number of rotatable bonds is 4. The van der Waals surface area contributed by atoms with Crippen LogP contribution in [-0.2, 0) is 9.47 Å². The van der Waals surface area contributed by atoms with Crippen molar-refractivity contribution in [2.45, 2.75) is 25.4 Å². The molecule has 0 saturated carbocycles. The minimum Gasteiger partial charge on any atom is -0.379 e. The van der Waals surface area contributed by atoms with Crippen LogP contribution < -0.4 is 16.0 Å². The molecule has 0 spiro atoms. The number of ether oxygens (including phenoxy) is 2. The zero-order valence-corrected chi connectivity index (χ0v) is 16.1. The molecule has 3 N–H and O–H groups in total. The third kappa shape index (κ3) is 4.10. The van der Waals surface area contributed by atoms with Crippen LogP contribution in [0.5, 0.6) is 0 Å². The van der Waals surface area contributed by atoms with Gasteiger partial charge in [-0.05, 0) is 37.1 Å². The quantitative estimate of drug-likeness (QED) is 0.831. The summed E-state index contributed by atoms with van der Waals surface area (Å²) in [5.41, 5.74) is 8.78. The largest absolute Gasteiger partial charge is 0.379 e. The molecule has 4 rings (SSSR count). The van der Waals surface area contributed by atoms with E-state index in [0.717, 1.165) is 48.9 Å². The Kier molecular flexibility index (Phi) is 5.33. The van der Waals surface area contributed by atoms with Gasteiger partial charge in [-0.3, -0.25) is 0 Å². The van der Waals surface area contributed by atoms with Crippen LogP contribution in [0.25, 0.3) is 0 Å². The molecular weight excluding hydrogens is 366 g/mol. The van der Waals surface area contributed by atoms with Gasteiger partial charge in [0.15, 0.2) is 0 Å². The first kappa shape index (κ1) is 18.3. The molecule has 3 heterocycles. The van der Waals surface area contributed by atoms with Gasteiger partial charge < -0.3 is 25.4 Å². The molecule has 27 heavy (non-hydrogen) atoms. The van der Waals surface area contributed by atoms with Crippen molar-refractivity contribution < 1.29 is 9.47 Å². The fourth-order valence-corrected chi connectivity index (χ4v) is 3.72. The van der Waals surface area contributed by atoms with Gasteiger partial charge in [0.25, 0.3) is 0 Å². The molecule has 0 bridgehead atoms. The maximum Gasteiger partial charge on any atom is 0.222 e.